The fourth-order valence-electron chi connectivity index (χ4n) is 2.31. The number of benzene rings is 2. The number of halogens is 1. The van der Waals surface area contributed by atoms with Gasteiger partial charge in [0.15, 0.2) is 0 Å². The van der Waals surface area contributed by atoms with Crippen LogP contribution in [0.25, 0.3) is 0 Å². The zero-order chi connectivity index (χ0) is 18.4. The van der Waals surface area contributed by atoms with Crippen molar-refractivity contribution in [1.29, 1.82) is 0 Å². The molecule has 0 fully saturated rings. The Morgan fingerprint density at radius 2 is 1.77 bits per heavy atom. The molecule has 132 valence electrons. The maximum Gasteiger partial charge on any atom is 0.256 e. The number of hydrogen-bond donors (Lipinski definition) is 2. The summed E-state index contributed by atoms with van der Waals surface area (Å²) in [4.78, 5) is 16.3. The van der Waals surface area contributed by atoms with Crippen LogP contribution in [0.2, 0.25) is 0 Å². The van der Waals surface area contributed by atoms with Gasteiger partial charge >= 0.3 is 0 Å². The molecule has 0 unspecified atom stereocenters. The molecular formula is C20H18FN3O2. The fourth-order valence-corrected chi connectivity index (χ4v) is 2.31. The molecule has 1 amide bonds. The number of nitrogens with zero attached hydrogens (tertiary/aromatic N) is 1. The Morgan fingerprint density at radius 3 is 2.38 bits per heavy atom. The van der Waals surface area contributed by atoms with Crippen LogP contribution in [0.4, 0.5) is 15.9 Å². The van der Waals surface area contributed by atoms with E-state index in [0.29, 0.717) is 17.9 Å². The second-order valence-electron chi connectivity index (χ2n) is 5.59. The van der Waals surface area contributed by atoms with E-state index < -0.39 is 0 Å². The van der Waals surface area contributed by atoms with Gasteiger partial charge in [-0.15, -0.1) is 0 Å². The number of pyridine rings is 1. The average Bonchev–Trinajstić information content (AvgIpc) is 2.68. The summed E-state index contributed by atoms with van der Waals surface area (Å²) in [6, 6.07) is 16.7. The number of anilines is 2. The number of amides is 1. The lowest BCUT2D eigenvalue weighted by molar-refractivity contribution is 0.102. The molecule has 0 aliphatic rings. The molecule has 0 saturated carbocycles. The van der Waals surface area contributed by atoms with E-state index in [4.69, 9.17) is 4.74 Å². The minimum absolute atomic E-state index is 0.337. The molecule has 0 aliphatic heterocycles. The molecule has 0 bridgehead atoms. The van der Waals surface area contributed by atoms with Gasteiger partial charge in [0, 0.05) is 12.1 Å². The van der Waals surface area contributed by atoms with E-state index in [1.807, 2.05) is 30.3 Å². The van der Waals surface area contributed by atoms with Crippen molar-refractivity contribution in [3.8, 4) is 5.75 Å². The SMILES string of the molecule is COc1ccc(CNc2ccc(NC(=O)c3ccc(F)cc3)nc2)cc1. The molecule has 0 spiro atoms. The van der Waals surface area contributed by atoms with Gasteiger partial charge in [-0.05, 0) is 54.1 Å². The number of methoxy groups -OCH3 is 1. The number of hydrogen-bond acceptors (Lipinski definition) is 4. The van der Waals surface area contributed by atoms with Gasteiger partial charge in [-0.3, -0.25) is 4.79 Å². The lowest BCUT2D eigenvalue weighted by Gasteiger charge is -2.09. The smallest absolute Gasteiger partial charge is 0.256 e. The molecule has 0 aliphatic carbocycles. The van der Waals surface area contributed by atoms with E-state index in [1.165, 1.54) is 24.3 Å². The highest BCUT2D eigenvalue weighted by molar-refractivity contribution is 6.03. The Hall–Kier alpha value is -3.41. The Balaban J connectivity index is 1.55. The second-order valence-corrected chi connectivity index (χ2v) is 5.59. The molecule has 26 heavy (non-hydrogen) atoms. The summed E-state index contributed by atoms with van der Waals surface area (Å²) in [7, 11) is 1.63. The van der Waals surface area contributed by atoms with Gasteiger partial charge in [0.2, 0.25) is 0 Å². The number of carbonyl (C=O) groups excluding carboxylic acids is 1. The van der Waals surface area contributed by atoms with Gasteiger partial charge in [-0.1, -0.05) is 12.1 Å². The second kappa shape index (κ2) is 8.11. The predicted molar refractivity (Wildman–Crippen MR) is 98.9 cm³/mol. The Morgan fingerprint density at radius 1 is 1.04 bits per heavy atom. The summed E-state index contributed by atoms with van der Waals surface area (Å²) in [5.41, 5.74) is 2.31. The standard InChI is InChI=1S/C20H18FN3O2/c1-26-18-9-2-14(3-10-18)12-22-17-8-11-19(23-13-17)24-20(25)15-4-6-16(21)7-5-15/h2-11,13,22H,12H2,1H3,(H,23,24,25). The van der Waals surface area contributed by atoms with Crippen LogP contribution >= 0.6 is 0 Å². The Bertz CT molecular complexity index is 863. The minimum atomic E-state index is -0.382. The summed E-state index contributed by atoms with van der Waals surface area (Å²) >= 11 is 0. The Kier molecular flexibility index (Phi) is 5.43. The number of aromatic nitrogens is 1. The van der Waals surface area contributed by atoms with Gasteiger partial charge in [0.1, 0.15) is 17.4 Å². The molecule has 5 nitrogen and oxygen atoms in total. The highest BCUT2D eigenvalue weighted by Gasteiger charge is 2.07. The maximum absolute atomic E-state index is 12.9. The van der Waals surface area contributed by atoms with Crippen LogP contribution in [0.3, 0.4) is 0 Å². The summed E-state index contributed by atoms with van der Waals surface area (Å²) in [5, 5.41) is 5.94. The normalized spacial score (nSPS) is 10.2. The van der Waals surface area contributed by atoms with Crippen LogP contribution in [-0.4, -0.2) is 18.0 Å². The molecule has 0 radical (unpaired) electrons. The first-order valence-electron chi connectivity index (χ1n) is 8.04. The summed E-state index contributed by atoms with van der Waals surface area (Å²) in [6.45, 7) is 0.646. The van der Waals surface area contributed by atoms with Crippen molar-refractivity contribution in [1.82, 2.24) is 4.98 Å². The monoisotopic (exact) mass is 351 g/mol. The Labute approximate surface area is 150 Å². The van der Waals surface area contributed by atoms with Crippen molar-refractivity contribution < 1.29 is 13.9 Å². The van der Waals surface area contributed by atoms with Gasteiger partial charge in [-0.2, -0.15) is 0 Å². The molecule has 0 saturated heterocycles. The van der Waals surface area contributed by atoms with Crippen LogP contribution in [0.15, 0.2) is 66.9 Å². The maximum atomic E-state index is 12.9. The van der Waals surface area contributed by atoms with Crippen molar-refractivity contribution in [3.05, 3.63) is 83.8 Å². The largest absolute Gasteiger partial charge is 0.497 e. The third-order valence-electron chi connectivity index (χ3n) is 3.77. The van der Waals surface area contributed by atoms with Crippen LogP contribution in [0, 0.1) is 5.82 Å². The van der Waals surface area contributed by atoms with E-state index in [1.54, 1.807) is 19.4 Å². The first-order valence-corrected chi connectivity index (χ1v) is 8.04. The van der Waals surface area contributed by atoms with Gasteiger partial charge in [0.05, 0.1) is 19.0 Å². The van der Waals surface area contributed by atoms with Crippen molar-refractivity contribution >= 4 is 17.4 Å². The molecular weight excluding hydrogens is 333 g/mol. The van der Waals surface area contributed by atoms with E-state index in [-0.39, 0.29) is 11.7 Å². The molecule has 0 atom stereocenters. The third-order valence-corrected chi connectivity index (χ3v) is 3.77. The molecule has 2 aromatic carbocycles. The lowest BCUT2D eigenvalue weighted by atomic mass is 10.2. The summed E-state index contributed by atoms with van der Waals surface area (Å²) < 4.78 is 18.0. The lowest BCUT2D eigenvalue weighted by Crippen LogP contribution is -2.13. The molecule has 3 rings (SSSR count). The van der Waals surface area contributed by atoms with Gasteiger partial charge < -0.3 is 15.4 Å². The summed E-state index contributed by atoms with van der Waals surface area (Å²) in [5.74, 6) is 0.523. The topological polar surface area (TPSA) is 63.2 Å². The zero-order valence-corrected chi connectivity index (χ0v) is 14.2. The molecule has 6 heteroatoms. The van der Waals surface area contributed by atoms with E-state index in [2.05, 4.69) is 15.6 Å². The van der Waals surface area contributed by atoms with E-state index in [0.717, 1.165) is 17.0 Å². The van der Waals surface area contributed by atoms with Crippen molar-refractivity contribution in [2.45, 2.75) is 6.54 Å². The van der Waals surface area contributed by atoms with Gasteiger partial charge in [-0.25, -0.2) is 9.37 Å². The molecule has 3 aromatic rings. The summed E-state index contributed by atoms with van der Waals surface area (Å²) in [6.07, 6.45) is 1.64. The van der Waals surface area contributed by atoms with Crippen molar-refractivity contribution in [2.75, 3.05) is 17.7 Å². The molecule has 2 N–H and O–H groups in total. The van der Waals surface area contributed by atoms with E-state index >= 15 is 0 Å². The number of carbonyl (C=O) groups is 1. The van der Waals surface area contributed by atoms with Crippen LogP contribution in [0.1, 0.15) is 15.9 Å². The highest BCUT2D eigenvalue weighted by Crippen LogP contribution is 2.15. The zero-order valence-electron chi connectivity index (χ0n) is 14.2. The van der Waals surface area contributed by atoms with E-state index in [9.17, 15) is 9.18 Å². The number of ether oxygens (including phenoxy) is 1. The van der Waals surface area contributed by atoms with Gasteiger partial charge in [0.25, 0.3) is 5.91 Å². The minimum Gasteiger partial charge on any atom is -0.497 e. The predicted octanol–water partition coefficient (Wildman–Crippen LogP) is 4.09. The number of rotatable bonds is 6. The van der Waals surface area contributed by atoms with Crippen LogP contribution < -0.4 is 15.4 Å². The van der Waals surface area contributed by atoms with Crippen LogP contribution in [0.5, 0.6) is 5.75 Å². The molecule has 1 heterocycles. The highest BCUT2D eigenvalue weighted by atomic mass is 19.1. The van der Waals surface area contributed by atoms with Crippen molar-refractivity contribution in [3.63, 3.8) is 0 Å². The first kappa shape index (κ1) is 17.4. The number of nitrogens with one attached hydrogen (secondary N) is 2. The first-order chi connectivity index (χ1) is 12.6. The molecule has 1 aromatic heterocycles. The average molecular weight is 351 g/mol. The fraction of sp³-hybridized carbons (Fsp3) is 0.100. The van der Waals surface area contributed by atoms with Crippen molar-refractivity contribution in [2.24, 2.45) is 0 Å². The van der Waals surface area contributed by atoms with Crippen LogP contribution in [-0.2, 0) is 6.54 Å². The quantitative estimate of drug-likeness (QED) is 0.702. The third kappa shape index (κ3) is 4.57.